The second-order valence-electron chi connectivity index (χ2n) is 10.5. The summed E-state index contributed by atoms with van der Waals surface area (Å²) in [4.78, 5) is 5.39. The van der Waals surface area contributed by atoms with Crippen molar-refractivity contribution in [1.82, 2.24) is 9.80 Å². The SMILES string of the molecule is CC(C)N1CCC2(CCC(CC(C)N3CCC4(CCOCC4)CC3)OC2)C1. The van der Waals surface area contributed by atoms with Gasteiger partial charge in [-0.25, -0.2) is 0 Å². The molecule has 156 valence electrons. The molecule has 3 unspecified atom stereocenters. The van der Waals surface area contributed by atoms with Crippen LogP contribution in [0.25, 0.3) is 0 Å². The molecular weight excluding hydrogens is 336 g/mol. The largest absolute Gasteiger partial charge is 0.381 e. The molecule has 27 heavy (non-hydrogen) atoms. The van der Waals surface area contributed by atoms with Crippen molar-refractivity contribution >= 4 is 0 Å². The number of ether oxygens (including phenoxy) is 2. The van der Waals surface area contributed by atoms with Crippen molar-refractivity contribution in [3.8, 4) is 0 Å². The van der Waals surface area contributed by atoms with Gasteiger partial charge in [-0.1, -0.05) is 0 Å². The number of hydrogen-bond acceptors (Lipinski definition) is 4. The van der Waals surface area contributed by atoms with E-state index >= 15 is 0 Å². The van der Waals surface area contributed by atoms with Crippen LogP contribution in [0, 0.1) is 10.8 Å². The van der Waals surface area contributed by atoms with Crippen LogP contribution in [-0.2, 0) is 9.47 Å². The zero-order valence-electron chi connectivity index (χ0n) is 18.0. The number of rotatable bonds is 4. The summed E-state index contributed by atoms with van der Waals surface area (Å²) in [6, 6.07) is 1.34. The lowest BCUT2D eigenvalue weighted by molar-refractivity contribution is -0.0751. The summed E-state index contributed by atoms with van der Waals surface area (Å²) in [5.41, 5.74) is 1.07. The lowest BCUT2D eigenvalue weighted by Crippen LogP contribution is -2.47. The van der Waals surface area contributed by atoms with Crippen molar-refractivity contribution in [1.29, 1.82) is 0 Å². The summed E-state index contributed by atoms with van der Waals surface area (Å²) in [7, 11) is 0. The molecule has 0 N–H and O–H groups in total. The van der Waals surface area contributed by atoms with Gasteiger partial charge in [0.05, 0.1) is 12.7 Å². The first kappa shape index (κ1) is 20.1. The molecule has 4 nitrogen and oxygen atoms in total. The second-order valence-corrected chi connectivity index (χ2v) is 10.5. The number of nitrogens with zero attached hydrogens (tertiary/aromatic N) is 2. The molecule has 0 aromatic heterocycles. The molecule has 0 bridgehead atoms. The van der Waals surface area contributed by atoms with Crippen molar-refractivity contribution in [3.05, 3.63) is 0 Å². The lowest BCUT2D eigenvalue weighted by Gasteiger charge is -2.46. The van der Waals surface area contributed by atoms with Crippen LogP contribution in [-0.4, -0.2) is 74.0 Å². The zero-order valence-corrected chi connectivity index (χ0v) is 18.0. The fraction of sp³-hybridized carbons (Fsp3) is 1.00. The molecule has 4 rings (SSSR count). The molecule has 0 saturated carbocycles. The summed E-state index contributed by atoms with van der Waals surface area (Å²) in [6.07, 6.45) is 11.0. The third kappa shape index (κ3) is 4.55. The van der Waals surface area contributed by atoms with Gasteiger partial charge in [0.15, 0.2) is 0 Å². The first-order valence-corrected chi connectivity index (χ1v) is 11.7. The van der Waals surface area contributed by atoms with Crippen LogP contribution in [0.5, 0.6) is 0 Å². The Bertz CT molecular complexity index is 471. The highest BCUT2D eigenvalue weighted by Gasteiger charge is 2.43. The second kappa shape index (κ2) is 8.30. The van der Waals surface area contributed by atoms with Crippen LogP contribution >= 0.6 is 0 Å². The minimum atomic E-state index is 0.463. The summed E-state index contributed by atoms with van der Waals surface area (Å²) in [6.45, 7) is 15.1. The molecule has 0 aromatic rings. The van der Waals surface area contributed by atoms with E-state index in [2.05, 4.69) is 30.6 Å². The van der Waals surface area contributed by atoms with Gasteiger partial charge in [0, 0.05) is 37.3 Å². The number of likely N-dealkylation sites (tertiary alicyclic amines) is 2. The van der Waals surface area contributed by atoms with Crippen LogP contribution in [0.1, 0.15) is 72.1 Å². The van der Waals surface area contributed by atoms with Crippen molar-refractivity contribution in [3.63, 3.8) is 0 Å². The zero-order chi connectivity index (χ0) is 18.9. The van der Waals surface area contributed by atoms with E-state index in [0.717, 1.165) is 19.8 Å². The maximum Gasteiger partial charge on any atom is 0.0590 e. The molecule has 4 fully saturated rings. The molecule has 4 heteroatoms. The van der Waals surface area contributed by atoms with Gasteiger partial charge >= 0.3 is 0 Å². The fourth-order valence-electron chi connectivity index (χ4n) is 6.11. The first-order chi connectivity index (χ1) is 13.0. The Morgan fingerprint density at radius 2 is 1.52 bits per heavy atom. The van der Waals surface area contributed by atoms with Gasteiger partial charge in [0.1, 0.15) is 0 Å². The molecule has 0 aromatic carbocycles. The summed E-state index contributed by atoms with van der Waals surface area (Å²) in [5, 5.41) is 0. The van der Waals surface area contributed by atoms with Crippen molar-refractivity contribution in [2.75, 3.05) is 46.0 Å². The topological polar surface area (TPSA) is 24.9 Å². The van der Waals surface area contributed by atoms with Crippen molar-refractivity contribution in [2.24, 2.45) is 10.8 Å². The summed E-state index contributed by atoms with van der Waals surface area (Å²) < 4.78 is 12.0. The fourth-order valence-corrected chi connectivity index (χ4v) is 6.11. The predicted molar refractivity (Wildman–Crippen MR) is 110 cm³/mol. The summed E-state index contributed by atoms with van der Waals surface area (Å²) in [5.74, 6) is 0. The maximum atomic E-state index is 6.45. The Labute approximate surface area is 166 Å². The third-order valence-electron chi connectivity index (χ3n) is 8.46. The van der Waals surface area contributed by atoms with E-state index in [4.69, 9.17) is 9.47 Å². The molecule has 4 aliphatic heterocycles. The Kier molecular flexibility index (Phi) is 6.18. The van der Waals surface area contributed by atoms with Crippen LogP contribution in [0.3, 0.4) is 0 Å². The smallest absolute Gasteiger partial charge is 0.0590 e. The van der Waals surface area contributed by atoms with Gasteiger partial charge in [0.25, 0.3) is 0 Å². The number of hydrogen-bond donors (Lipinski definition) is 0. The van der Waals surface area contributed by atoms with Gasteiger partial charge in [-0.3, -0.25) is 0 Å². The average molecular weight is 379 g/mol. The highest BCUT2D eigenvalue weighted by atomic mass is 16.5. The molecule has 0 aliphatic carbocycles. The minimum Gasteiger partial charge on any atom is -0.381 e. The third-order valence-corrected chi connectivity index (χ3v) is 8.46. The van der Waals surface area contributed by atoms with Gasteiger partial charge < -0.3 is 19.3 Å². The van der Waals surface area contributed by atoms with Crippen LogP contribution in [0.15, 0.2) is 0 Å². The minimum absolute atomic E-state index is 0.463. The molecule has 3 atom stereocenters. The molecule has 4 saturated heterocycles. The van der Waals surface area contributed by atoms with Gasteiger partial charge in [-0.2, -0.15) is 0 Å². The maximum absolute atomic E-state index is 6.45. The Hall–Kier alpha value is -0.160. The van der Waals surface area contributed by atoms with E-state index in [-0.39, 0.29) is 0 Å². The highest BCUT2D eigenvalue weighted by molar-refractivity contribution is 4.95. The lowest BCUT2D eigenvalue weighted by atomic mass is 9.72. The van der Waals surface area contributed by atoms with Gasteiger partial charge in [0.2, 0.25) is 0 Å². The van der Waals surface area contributed by atoms with E-state index in [9.17, 15) is 0 Å². The molecular formula is C23H42N2O2. The van der Waals surface area contributed by atoms with E-state index in [1.165, 1.54) is 77.5 Å². The predicted octanol–water partition coefficient (Wildman–Crippen LogP) is 3.94. The molecule has 4 heterocycles. The molecule has 2 spiro atoms. The standard InChI is InChI=1S/C23H42N2O2/c1-19(2)25-13-8-23(17-25)5-4-21(27-18-23)16-20(3)24-11-6-22(7-12-24)9-14-26-15-10-22/h19-21H,4-18H2,1-3H3. The highest BCUT2D eigenvalue weighted by Crippen LogP contribution is 2.43. The van der Waals surface area contributed by atoms with E-state index in [1.807, 2.05) is 0 Å². The van der Waals surface area contributed by atoms with Crippen LogP contribution in [0.2, 0.25) is 0 Å². The van der Waals surface area contributed by atoms with Gasteiger partial charge in [-0.05, 0) is 97.2 Å². The van der Waals surface area contributed by atoms with Crippen LogP contribution < -0.4 is 0 Å². The van der Waals surface area contributed by atoms with Crippen LogP contribution in [0.4, 0.5) is 0 Å². The summed E-state index contributed by atoms with van der Waals surface area (Å²) >= 11 is 0. The Morgan fingerprint density at radius 3 is 2.11 bits per heavy atom. The van der Waals surface area contributed by atoms with Crippen molar-refractivity contribution in [2.45, 2.75) is 90.3 Å². The molecule has 4 aliphatic rings. The van der Waals surface area contributed by atoms with E-state index < -0.39 is 0 Å². The Morgan fingerprint density at radius 1 is 0.852 bits per heavy atom. The normalized spacial score (nSPS) is 36.7. The molecule has 0 amide bonds. The van der Waals surface area contributed by atoms with Gasteiger partial charge in [-0.15, -0.1) is 0 Å². The Balaban J connectivity index is 1.20. The first-order valence-electron chi connectivity index (χ1n) is 11.7. The van der Waals surface area contributed by atoms with E-state index in [0.29, 0.717) is 29.0 Å². The average Bonchev–Trinajstić information content (AvgIpc) is 3.09. The quantitative estimate of drug-likeness (QED) is 0.740. The van der Waals surface area contributed by atoms with Crippen molar-refractivity contribution < 1.29 is 9.47 Å². The molecule has 0 radical (unpaired) electrons. The number of piperidine rings is 1. The monoisotopic (exact) mass is 378 g/mol. The van der Waals surface area contributed by atoms with E-state index in [1.54, 1.807) is 0 Å².